The van der Waals surface area contributed by atoms with Gasteiger partial charge < -0.3 is 9.47 Å². The minimum atomic E-state index is -3.65. The quantitative estimate of drug-likeness (QED) is 0.628. The molecule has 0 amide bonds. The van der Waals surface area contributed by atoms with Crippen molar-refractivity contribution < 1.29 is 27.5 Å². The van der Waals surface area contributed by atoms with Crippen LogP contribution in [0.2, 0.25) is 0 Å². The Hall–Kier alpha value is -1.15. The van der Waals surface area contributed by atoms with Crippen molar-refractivity contribution in [2.75, 3.05) is 25.5 Å². The summed E-state index contributed by atoms with van der Waals surface area (Å²) in [6.45, 7) is 4.05. The van der Waals surface area contributed by atoms with Gasteiger partial charge >= 0.3 is 11.9 Å². The van der Waals surface area contributed by atoms with Gasteiger partial charge in [0.1, 0.15) is 6.04 Å². The van der Waals surface area contributed by atoms with Crippen LogP contribution in [0.5, 0.6) is 0 Å². The fourth-order valence-corrected chi connectivity index (χ4v) is 3.76. The molecule has 0 N–H and O–H groups in total. The largest absolute Gasteiger partial charge is 0.466 e. The van der Waals surface area contributed by atoms with Crippen LogP contribution in [-0.4, -0.2) is 56.2 Å². The van der Waals surface area contributed by atoms with Gasteiger partial charge in [-0.1, -0.05) is 0 Å². The molecule has 0 aromatic heterocycles. The van der Waals surface area contributed by atoms with Crippen molar-refractivity contribution >= 4 is 22.0 Å². The third-order valence-electron chi connectivity index (χ3n) is 2.99. The van der Waals surface area contributed by atoms with Crippen LogP contribution in [0.4, 0.5) is 0 Å². The van der Waals surface area contributed by atoms with Crippen LogP contribution in [0, 0.1) is 0 Å². The zero-order valence-corrected chi connectivity index (χ0v) is 12.6. The molecule has 0 bridgehead atoms. The molecule has 1 heterocycles. The van der Waals surface area contributed by atoms with Gasteiger partial charge in [0.15, 0.2) is 0 Å². The zero-order chi connectivity index (χ0) is 15.2. The van der Waals surface area contributed by atoms with Crippen LogP contribution in [-0.2, 0) is 29.1 Å². The molecule has 1 fully saturated rings. The molecule has 20 heavy (non-hydrogen) atoms. The van der Waals surface area contributed by atoms with E-state index < -0.39 is 28.0 Å². The number of nitrogens with zero attached hydrogens (tertiary/aromatic N) is 1. The summed E-state index contributed by atoms with van der Waals surface area (Å²) < 4.78 is 35.1. The maximum absolute atomic E-state index is 12.2. The molecule has 1 aliphatic heterocycles. The fourth-order valence-electron chi connectivity index (χ4n) is 2.11. The van der Waals surface area contributed by atoms with Crippen molar-refractivity contribution in [1.29, 1.82) is 0 Å². The van der Waals surface area contributed by atoms with Gasteiger partial charge in [0.2, 0.25) is 10.0 Å². The first-order chi connectivity index (χ1) is 9.42. The molecule has 0 aliphatic carbocycles. The molecule has 0 radical (unpaired) electrons. The number of carbonyl (C=O) groups is 2. The number of carbonyl (C=O) groups excluding carboxylic acids is 2. The minimum Gasteiger partial charge on any atom is -0.466 e. The predicted octanol–water partition coefficient (Wildman–Crippen LogP) is 0.297. The summed E-state index contributed by atoms with van der Waals surface area (Å²) in [7, 11) is -3.65. The Morgan fingerprint density at radius 1 is 1.20 bits per heavy atom. The lowest BCUT2D eigenvalue weighted by Gasteiger charge is -2.22. The van der Waals surface area contributed by atoms with Crippen LogP contribution in [0.25, 0.3) is 0 Å². The van der Waals surface area contributed by atoms with E-state index in [1.165, 1.54) is 0 Å². The van der Waals surface area contributed by atoms with E-state index in [1.54, 1.807) is 13.8 Å². The van der Waals surface area contributed by atoms with Crippen LogP contribution in [0.1, 0.15) is 33.1 Å². The monoisotopic (exact) mass is 307 g/mol. The second-order valence-corrected chi connectivity index (χ2v) is 6.43. The van der Waals surface area contributed by atoms with E-state index in [2.05, 4.69) is 0 Å². The standard InChI is InChI=1S/C12H21NO6S/c1-3-18-11(14)7-9-20(16,17)13-8-5-6-10(13)12(15)19-4-2/h10H,3-9H2,1-2H3. The van der Waals surface area contributed by atoms with E-state index in [0.717, 1.165) is 4.31 Å². The first kappa shape index (κ1) is 16.9. The van der Waals surface area contributed by atoms with Gasteiger partial charge in [0, 0.05) is 6.54 Å². The van der Waals surface area contributed by atoms with E-state index in [4.69, 9.17) is 9.47 Å². The number of esters is 2. The Labute approximate surface area is 119 Å². The molecule has 0 aromatic carbocycles. The number of ether oxygens (including phenoxy) is 2. The van der Waals surface area contributed by atoms with E-state index in [1.807, 2.05) is 0 Å². The zero-order valence-electron chi connectivity index (χ0n) is 11.8. The Kier molecular flexibility index (Phi) is 6.41. The highest BCUT2D eigenvalue weighted by molar-refractivity contribution is 7.89. The molecule has 0 saturated carbocycles. The van der Waals surface area contributed by atoms with Crippen molar-refractivity contribution in [3.63, 3.8) is 0 Å². The summed E-state index contributed by atoms with van der Waals surface area (Å²) in [6.07, 6.45) is 0.863. The second-order valence-electron chi connectivity index (χ2n) is 4.39. The van der Waals surface area contributed by atoms with Crippen molar-refractivity contribution in [2.45, 2.75) is 39.2 Å². The second kappa shape index (κ2) is 7.58. The van der Waals surface area contributed by atoms with E-state index in [0.29, 0.717) is 12.8 Å². The Balaban J connectivity index is 2.65. The van der Waals surface area contributed by atoms with Gasteiger partial charge in [-0.15, -0.1) is 0 Å². The third kappa shape index (κ3) is 4.45. The molecule has 1 rings (SSSR count). The summed E-state index contributed by atoms with van der Waals surface area (Å²) in [6, 6.07) is -0.762. The van der Waals surface area contributed by atoms with Gasteiger partial charge in [-0.2, -0.15) is 4.31 Å². The van der Waals surface area contributed by atoms with E-state index in [9.17, 15) is 18.0 Å². The Bertz CT molecular complexity index is 447. The van der Waals surface area contributed by atoms with Crippen LogP contribution in [0.15, 0.2) is 0 Å². The van der Waals surface area contributed by atoms with Crippen LogP contribution >= 0.6 is 0 Å². The molecule has 1 unspecified atom stereocenters. The predicted molar refractivity (Wildman–Crippen MR) is 71.4 cm³/mol. The highest BCUT2D eigenvalue weighted by Crippen LogP contribution is 2.23. The van der Waals surface area contributed by atoms with Gasteiger partial charge in [-0.05, 0) is 26.7 Å². The molecule has 0 aromatic rings. The van der Waals surface area contributed by atoms with Crippen LogP contribution < -0.4 is 0 Å². The number of sulfonamides is 1. The number of hydrogen-bond acceptors (Lipinski definition) is 6. The van der Waals surface area contributed by atoms with Gasteiger partial charge in [0.25, 0.3) is 0 Å². The molecule has 7 nitrogen and oxygen atoms in total. The summed E-state index contributed by atoms with van der Waals surface area (Å²) in [5.41, 5.74) is 0. The Morgan fingerprint density at radius 3 is 2.45 bits per heavy atom. The van der Waals surface area contributed by atoms with Gasteiger partial charge in [0.05, 0.1) is 25.4 Å². The Morgan fingerprint density at radius 2 is 1.85 bits per heavy atom. The lowest BCUT2D eigenvalue weighted by molar-refractivity contribution is -0.146. The summed E-state index contributed by atoms with van der Waals surface area (Å²) in [5.74, 6) is -1.42. The van der Waals surface area contributed by atoms with Crippen molar-refractivity contribution in [2.24, 2.45) is 0 Å². The smallest absolute Gasteiger partial charge is 0.324 e. The molecule has 1 saturated heterocycles. The van der Waals surface area contributed by atoms with E-state index >= 15 is 0 Å². The average molecular weight is 307 g/mol. The molecule has 8 heteroatoms. The average Bonchev–Trinajstić information content (AvgIpc) is 2.87. The summed E-state index contributed by atoms with van der Waals surface area (Å²) in [4.78, 5) is 22.9. The SMILES string of the molecule is CCOC(=O)CCS(=O)(=O)N1CCCC1C(=O)OCC. The normalized spacial score (nSPS) is 19.8. The van der Waals surface area contributed by atoms with Crippen LogP contribution in [0.3, 0.4) is 0 Å². The molecule has 1 aliphatic rings. The van der Waals surface area contributed by atoms with E-state index in [-0.39, 0.29) is 31.9 Å². The first-order valence-corrected chi connectivity index (χ1v) is 8.35. The minimum absolute atomic E-state index is 0.206. The van der Waals surface area contributed by atoms with Crippen molar-refractivity contribution in [3.05, 3.63) is 0 Å². The lowest BCUT2D eigenvalue weighted by Crippen LogP contribution is -2.42. The lowest BCUT2D eigenvalue weighted by atomic mass is 10.2. The summed E-state index contributed by atoms with van der Waals surface area (Å²) >= 11 is 0. The molecule has 116 valence electrons. The molecule has 0 spiro atoms. The maximum Gasteiger partial charge on any atom is 0.324 e. The van der Waals surface area contributed by atoms with Gasteiger partial charge in [-0.25, -0.2) is 8.42 Å². The number of rotatable bonds is 7. The maximum atomic E-state index is 12.2. The topological polar surface area (TPSA) is 90.0 Å². The van der Waals surface area contributed by atoms with Crippen molar-refractivity contribution in [1.82, 2.24) is 4.31 Å². The molecule has 1 atom stereocenters. The number of hydrogen-bond donors (Lipinski definition) is 0. The fraction of sp³-hybridized carbons (Fsp3) is 0.833. The molecular weight excluding hydrogens is 286 g/mol. The highest BCUT2D eigenvalue weighted by atomic mass is 32.2. The highest BCUT2D eigenvalue weighted by Gasteiger charge is 2.39. The summed E-state index contributed by atoms with van der Waals surface area (Å²) in [5, 5.41) is 0. The third-order valence-corrected chi connectivity index (χ3v) is 4.86. The molecular formula is C12H21NO6S. The first-order valence-electron chi connectivity index (χ1n) is 6.74. The van der Waals surface area contributed by atoms with Gasteiger partial charge in [-0.3, -0.25) is 9.59 Å². The van der Waals surface area contributed by atoms with Crippen molar-refractivity contribution in [3.8, 4) is 0 Å².